The topological polar surface area (TPSA) is 61.6 Å². The fraction of sp³-hybridized carbons (Fsp3) is 0.214. The van der Waals surface area contributed by atoms with Crippen molar-refractivity contribution in [3.05, 3.63) is 51.9 Å². The van der Waals surface area contributed by atoms with Crippen molar-refractivity contribution in [1.82, 2.24) is 9.97 Å². The van der Waals surface area contributed by atoms with Crippen molar-refractivity contribution in [3.63, 3.8) is 0 Å². The van der Waals surface area contributed by atoms with Gasteiger partial charge in [0.15, 0.2) is 0 Å². The van der Waals surface area contributed by atoms with Gasteiger partial charge in [-0.2, -0.15) is 5.26 Å². The molecule has 1 aromatic heterocycles. The van der Waals surface area contributed by atoms with Gasteiger partial charge in [0.05, 0.1) is 11.6 Å². The fourth-order valence-corrected chi connectivity index (χ4v) is 2.02. The van der Waals surface area contributed by atoms with Crippen LogP contribution in [0.15, 0.2) is 34.9 Å². The van der Waals surface area contributed by atoms with Crippen LogP contribution in [-0.4, -0.2) is 9.97 Å². The Morgan fingerprint density at radius 3 is 2.63 bits per heavy atom. The van der Waals surface area contributed by atoms with Crippen LogP contribution in [0.5, 0.6) is 0 Å². The Balaban J connectivity index is 2.05. The lowest BCUT2D eigenvalue weighted by Gasteiger charge is -2.07. The summed E-state index contributed by atoms with van der Waals surface area (Å²) in [5, 5.41) is 12.0. The van der Waals surface area contributed by atoms with Crippen molar-refractivity contribution in [2.24, 2.45) is 0 Å². The van der Waals surface area contributed by atoms with E-state index in [1.54, 1.807) is 0 Å². The van der Waals surface area contributed by atoms with Crippen LogP contribution in [0.1, 0.15) is 23.9 Å². The predicted octanol–water partition coefficient (Wildman–Crippen LogP) is 3.29. The third kappa shape index (κ3) is 3.76. The van der Waals surface area contributed by atoms with Gasteiger partial charge in [-0.1, -0.05) is 19.1 Å². The lowest BCUT2D eigenvalue weighted by atomic mass is 10.1. The molecule has 0 spiro atoms. The summed E-state index contributed by atoms with van der Waals surface area (Å²) in [5.74, 6) is 1.60. The molecule has 96 valence electrons. The average molecular weight is 317 g/mol. The number of aryl methyl sites for hydroxylation is 1. The predicted molar refractivity (Wildman–Crippen MR) is 77.6 cm³/mol. The van der Waals surface area contributed by atoms with Gasteiger partial charge in [-0.05, 0) is 33.6 Å². The molecule has 4 nitrogen and oxygen atoms in total. The molecule has 0 radical (unpaired) electrons. The molecule has 0 saturated heterocycles. The number of hydrogen-bond donors (Lipinski definition) is 1. The highest BCUT2D eigenvalue weighted by molar-refractivity contribution is 9.10. The molecule has 0 fully saturated rings. The van der Waals surface area contributed by atoms with Gasteiger partial charge in [-0.25, -0.2) is 9.97 Å². The summed E-state index contributed by atoms with van der Waals surface area (Å²) in [6, 6.07) is 11.4. The summed E-state index contributed by atoms with van der Waals surface area (Å²) in [6.07, 6.45) is 0.797. The molecule has 0 unspecified atom stereocenters. The third-order valence-corrected chi connectivity index (χ3v) is 3.02. The van der Waals surface area contributed by atoms with Crippen molar-refractivity contribution in [2.75, 3.05) is 5.32 Å². The van der Waals surface area contributed by atoms with Crippen molar-refractivity contribution in [3.8, 4) is 6.07 Å². The van der Waals surface area contributed by atoms with Gasteiger partial charge in [0.25, 0.3) is 0 Å². The van der Waals surface area contributed by atoms with Gasteiger partial charge in [-0.15, -0.1) is 0 Å². The van der Waals surface area contributed by atoms with Crippen LogP contribution in [0, 0.1) is 11.3 Å². The van der Waals surface area contributed by atoms with Crippen LogP contribution in [0.25, 0.3) is 0 Å². The molecule has 2 aromatic rings. The minimum Gasteiger partial charge on any atom is -0.366 e. The molecular weight excluding hydrogens is 304 g/mol. The Labute approximate surface area is 120 Å². The number of aromatic nitrogens is 2. The highest BCUT2D eigenvalue weighted by Gasteiger charge is 2.01. The first kappa shape index (κ1) is 13.5. The number of nitriles is 1. The first-order valence-electron chi connectivity index (χ1n) is 5.97. The zero-order valence-electron chi connectivity index (χ0n) is 10.5. The zero-order chi connectivity index (χ0) is 13.7. The second kappa shape index (κ2) is 6.30. The highest BCUT2D eigenvalue weighted by atomic mass is 79.9. The zero-order valence-corrected chi connectivity index (χ0v) is 12.1. The van der Waals surface area contributed by atoms with E-state index in [1.807, 2.05) is 37.3 Å². The molecule has 1 aromatic carbocycles. The molecule has 1 heterocycles. The molecule has 0 aliphatic carbocycles. The Morgan fingerprint density at radius 2 is 2.00 bits per heavy atom. The quantitative estimate of drug-likeness (QED) is 0.879. The summed E-state index contributed by atoms with van der Waals surface area (Å²) < 4.78 is 0.779. The first-order valence-corrected chi connectivity index (χ1v) is 6.77. The Hall–Kier alpha value is -1.93. The Bertz CT molecular complexity index is 602. The van der Waals surface area contributed by atoms with Crippen molar-refractivity contribution >= 4 is 21.7 Å². The fourth-order valence-electron chi connectivity index (χ4n) is 1.60. The minimum absolute atomic E-state index is 0.665. The molecule has 0 atom stereocenters. The van der Waals surface area contributed by atoms with E-state index in [0.717, 1.165) is 28.2 Å². The van der Waals surface area contributed by atoms with Crippen LogP contribution in [0.3, 0.4) is 0 Å². The summed E-state index contributed by atoms with van der Waals surface area (Å²) in [5.41, 5.74) is 1.77. The number of rotatable bonds is 4. The van der Waals surface area contributed by atoms with E-state index >= 15 is 0 Å². The monoisotopic (exact) mass is 316 g/mol. The summed E-state index contributed by atoms with van der Waals surface area (Å²) in [4.78, 5) is 8.66. The number of hydrogen-bond acceptors (Lipinski definition) is 4. The molecule has 0 amide bonds. The smallest absolute Gasteiger partial charge is 0.131 e. The lowest BCUT2D eigenvalue weighted by Crippen LogP contribution is -2.04. The number of benzene rings is 1. The molecule has 0 saturated carbocycles. The maximum absolute atomic E-state index is 8.74. The molecule has 0 aliphatic rings. The minimum atomic E-state index is 0.665. The summed E-state index contributed by atoms with van der Waals surface area (Å²) in [7, 11) is 0. The van der Waals surface area contributed by atoms with Gasteiger partial charge in [0, 0.05) is 19.0 Å². The van der Waals surface area contributed by atoms with E-state index in [1.165, 1.54) is 0 Å². The van der Waals surface area contributed by atoms with Crippen LogP contribution in [0.4, 0.5) is 5.82 Å². The summed E-state index contributed by atoms with van der Waals surface area (Å²) >= 11 is 3.37. The highest BCUT2D eigenvalue weighted by Crippen LogP contribution is 2.14. The molecule has 19 heavy (non-hydrogen) atoms. The lowest BCUT2D eigenvalue weighted by molar-refractivity contribution is 0.921. The maximum Gasteiger partial charge on any atom is 0.131 e. The molecule has 5 heteroatoms. The maximum atomic E-state index is 8.74. The van der Waals surface area contributed by atoms with Gasteiger partial charge < -0.3 is 5.32 Å². The molecule has 0 bridgehead atoms. The van der Waals surface area contributed by atoms with E-state index in [4.69, 9.17) is 5.26 Å². The van der Waals surface area contributed by atoms with Crippen molar-refractivity contribution < 1.29 is 0 Å². The largest absolute Gasteiger partial charge is 0.366 e. The van der Waals surface area contributed by atoms with Crippen LogP contribution < -0.4 is 5.32 Å². The Morgan fingerprint density at radius 1 is 1.26 bits per heavy atom. The second-order valence-corrected chi connectivity index (χ2v) is 4.82. The Kier molecular flexibility index (Phi) is 4.48. The van der Waals surface area contributed by atoms with Gasteiger partial charge in [0.2, 0.25) is 0 Å². The molecule has 2 rings (SSSR count). The van der Waals surface area contributed by atoms with E-state index < -0.39 is 0 Å². The van der Waals surface area contributed by atoms with Gasteiger partial charge in [-0.3, -0.25) is 0 Å². The first-order chi connectivity index (χ1) is 9.21. The SMILES string of the molecule is CCc1nc(Br)cc(NCc2ccc(C#N)cc2)n1. The number of halogens is 1. The van der Waals surface area contributed by atoms with E-state index in [9.17, 15) is 0 Å². The third-order valence-electron chi connectivity index (χ3n) is 2.61. The average Bonchev–Trinajstić information content (AvgIpc) is 2.45. The normalized spacial score (nSPS) is 9.95. The van der Waals surface area contributed by atoms with E-state index in [-0.39, 0.29) is 0 Å². The second-order valence-electron chi connectivity index (χ2n) is 4.01. The summed E-state index contributed by atoms with van der Waals surface area (Å²) in [6.45, 7) is 2.69. The van der Waals surface area contributed by atoms with Crippen molar-refractivity contribution in [1.29, 1.82) is 5.26 Å². The van der Waals surface area contributed by atoms with Gasteiger partial charge >= 0.3 is 0 Å². The van der Waals surface area contributed by atoms with Crippen LogP contribution in [0.2, 0.25) is 0 Å². The molecule has 0 aliphatic heterocycles. The number of nitrogens with zero attached hydrogens (tertiary/aromatic N) is 3. The van der Waals surface area contributed by atoms with E-state index in [0.29, 0.717) is 12.1 Å². The number of anilines is 1. The van der Waals surface area contributed by atoms with Crippen molar-refractivity contribution in [2.45, 2.75) is 19.9 Å². The van der Waals surface area contributed by atoms with Gasteiger partial charge in [0.1, 0.15) is 16.2 Å². The van der Waals surface area contributed by atoms with E-state index in [2.05, 4.69) is 37.3 Å². The number of nitrogens with one attached hydrogen (secondary N) is 1. The van der Waals surface area contributed by atoms with Crippen LogP contribution in [-0.2, 0) is 13.0 Å². The standard InChI is InChI=1S/C14H13BrN4/c1-2-13-18-12(15)7-14(19-13)17-9-11-5-3-10(8-16)4-6-11/h3-7H,2,9H2,1H3,(H,17,18,19). The van der Waals surface area contributed by atoms with Crippen LogP contribution >= 0.6 is 15.9 Å². The molecule has 1 N–H and O–H groups in total. The molecular formula is C14H13BrN4.